The van der Waals surface area contributed by atoms with Gasteiger partial charge in [0.25, 0.3) is 0 Å². The number of rotatable bonds is 6. The van der Waals surface area contributed by atoms with Gasteiger partial charge in [-0.3, -0.25) is 0 Å². The van der Waals surface area contributed by atoms with Crippen molar-refractivity contribution in [2.75, 3.05) is 27.8 Å². The molecule has 0 amide bonds. The molecule has 0 bridgehead atoms. The minimum Gasteiger partial charge on any atom is -0.496 e. The van der Waals surface area contributed by atoms with Crippen LogP contribution >= 0.6 is 0 Å². The molecule has 0 aromatic heterocycles. The maximum atomic E-state index is 8.98. The van der Waals surface area contributed by atoms with Gasteiger partial charge in [0.15, 0.2) is 0 Å². The third-order valence-electron chi connectivity index (χ3n) is 3.00. The number of aliphatic hydroxyl groups is 1. The predicted octanol–water partition coefficient (Wildman–Crippen LogP) is 2.38. The Morgan fingerprint density at radius 3 is 2.59 bits per heavy atom. The predicted molar refractivity (Wildman–Crippen MR) is 70.5 cm³/mol. The maximum Gasteiger partial charge on any atom is 0.123 e. The summed E-state index contributed by atoms with van der Waals surface area (Å²) in [5.74, 6) is 0.923. The van der Waals surface area contributed by atoms with Crippen LogP contribution in [0.1, 0.15) is 30.0 Å². The van der Waals surface area contributed by atoms with Gasteiger partial charge in [-0.15, -0.1) is 0 Å². The van der Waals surface area contributed by atoms with Crippen molar-refractivity contribution in [2.24, 2.45) is 0 Å². The number of aryl methyl sites for hydroxylation is 1. The summed E-state index contributed by atoms with van der Waals surface area (Å²) in [4.78, 5) is 2.17. The van der Waals surface area contributed by atoms with Crippen molar-refractivity contribution in [3.8, 4) is 5.75 Å². The van der Waals surface area contributed by atoms with E-state index in [4.69, 9.17) is 9.84 Å². The van der Waals surface area contributed by atoms with Crippen molar-refractivity contribution < 1.29 is 9.84 Å². The second kappa shape index (κ2) is 6.62. The Bertz CT molecular complexity index is 350. The Morgan fingerprint density at radius 1 is 1.35 bits per heavy atom. The molecule has 1 atom stereocenters. The molecule has 3 nitrogen and oxygen atoms in total. The molecule has 0 radical (unpaired) electrons. The van der Waals surface area contributed by atoms with Gasteiger partial charge in [-0.05, 0) is 39.9 Å². The summed E-state index contributed by atoms with van der Waals surface area (Å²) in [6.07, 6.45) is 1.74. The van der Waals surface area contributed by atoms with E-state index in [1.54, 1.807) is 7.11 Å². The summed E-state index contributed by atoms with van der Waals surface area (Å²) in [7, 11) is 5.82. The molecule has 0 aliphatic rings. The summed E-state index contributed by atoms with van der Waals surface area (Å²) < 4.78 is 5.42. The lowest BCUT2D eigenvalue weighted by molar-refractivity contribution is 0.231. The van der Waals surface area contributed by atoms with Crippen molar-refractivity contribution in [1.82, 2.24) is 4.90 Å². The second-order valence-electron chi connectivity index (χ2n) is 4.59. The average molecular weight is 237 g/mol. The van der Waals surface area contributed by atoms with Crippen molar-refractivity contribution in [1.29, 1.82) is 0 Å². The fraction of sp³-hybridized carbons (Fsp3) is 0.571. The zero-order valence-corrected chi connectivity index (χ0v) is 11.2. The van der Waals surface area contributed by atoms with E-state index in [1.807, 2.05) is 6.07 Å². The van der Waals surface area contributed by atoms with Crippen molar-refractivity contribution in [2.45, 2.75) is 25.8 Å². The molecule has 1 aromatic rings. The van der Waals surface area contributed by atoms with Gasteiger partial charge in [-0.2, -0.15) is 0 Å². The number of methoxy groups -OCH3 is 1. The van der Waals surface area contributed by atoms with E-state index in [2.05, 4.69) is 38.1 Å². The summed E-state index contributed by atoms with van der Waals surface area (Å²) >= 11 is 0. The smallest absolute Gasteiger partial charge is 0.123 e. The molecule has 1 unspecified atom stereocenters. The fourth-order valence-electron chi connectivity index (χ4n) is 2.09. The fourth-order valence-corrected chi connectivity index (χ4v) is 2.09. The normalized spacial score (nSPS) is 12.8. The molecule has 0 aliphatic carbocycles. The van der Waals surface area contributed by atoms with Gasteiger partial charge in [-0.25, -0.2) is 0 Å². The molecule has 0 saturated carbocycles. The standard InChI is InChI=1S/C14H23NO2/c1-11-7-8-14(17-4)12(10-11)13(15(2)3)6-5-9-16/h7-8,10,13,16H,5-6,9H2,1-4H3. The Hall–Kier alpha value is -1.06. The maximum absolute atomic E-state index is 8.98. The van der Waals surface area contributed by atoms with Gasteiger partial charge in [0.05, 0.1) is 7.11 Å². The summed E-state index contributed by atoms with van der Waals surface area (Å²) in [5, 5.41) is 8.98. The Kier molecular flexibility index (Phi) is 5.45. The number of benzene rings is 1. The van der Waals surface area contributed by atoms with Crippen molar-refractivity contribution in [3.05, 3.63) is 29.3 Å². The quantitative estimate of drug-likeness (QED) is 0.824. The van der Waals surface area contributed by atoms with E-state index in [0.717, 1.165) is 18.6 Å². The number of nitrogens with zero attached hydrogens (tertiary/aromatic N) is 1. The number of hydrogen-bond donors (Lipinski definition) is 1. The Labute approximate surface area is 104 Å². The topological polar surface area (TPSA) is 32.7 Å². The van der Waals surface area contributed by atoms with Crippen LogP contribution in [0.2, 0.25) is 0 Å². The van der Waals surface area contributed by atoms with Crippen LogP contribution in [0.4, 0.5) is 0 Å². The van der Waals surface area contributed by atoms with Gasteiger partial charge in [0.1, 0.15) is 5.75 Å². The van der Waals surface area contributed by atoms with Crippen LogP contribution < -0.4 is 4.74 Å². The summed E-state index contributed by atoms with van der Waals surface area (Å²) in [5.41, 5.74) is 2.43. The molecule has 1 rings (SSSR count). The van der Waals surface area contributed by atoms with Crippen LogP contribution in [-0.4, -0.2) is 37.8 Å². The summed E-state index contributed by atoms with van der Waals surface area (Å²) in [6.45, 7) is 2.32. The van der Waals surface area contributed by atoms with Crippen LogP contribution in [0, 0.1) is 6.92 Å². The van der Waals surface area contributed by atoms with Gasteiger partial charge >= 0.3 is 0 Å². The molecule has 0 spiro atoms. The van der Waals surface area contributed by atoms with E-state index >= 15 is 0 Å². The van der Waals surface area contributed by atoms with Crippen LogP contribution in [0.15, 0.2) is 18.2 Å². The van der Waals surface area contributed by atoms with Crippen LogP contribution in [0.3, 0.4) is 0 Å². The van der Waals surface area contributed by atoms with E-state index in [0.29, 0.717) is 0 Å². The molecule has 0 fully saturated rings. The Morgan fingerprint density at radius 2 is 2.06 bits per heavy atom. The molecule has 3 heteroatoms. The van der Waals surface area contributed by atoms with Gasteiger partial charge in [-0.1, -0.05) is 17.7 Å². The molecule has 17 heavy (non-hydrogen) atoms. The van der Waals surface area contributed by atoms with Gasteiger partial charge < -0.3 is 14.7 Å². The third-order valence-corrected chi connectivity index (χ3v) is 3.00. The van der Waals surface area contributed by atoms with E-state index in [9.17, 15) is 0 Å². The average Bonchev–Trinajstić information content (AvgIpc) is 2.29. The highest BCUT2D eigenvalue weighted by atomic mass is 16.5. The lowest BCUT2D eigenvalue weighted by atomic mass is 9.98. The molecule has 1 N–H and O–H groups in total. The zero-order chi connectivity index (χ0) is 12.8. The van der Waals surface area contributed by atoms with Crippen molar-refractivity contribution >= 4 is 0 Å². The molecule has 0 aliphatic heterocycles. The highest BCUT2D eigenvalue weighted by molar-refractivity contribution is 5.39. The molecular weight excluding hydrogens is 214 g/mol. The first-order valence-electron chi connectivity index (χ1n) is 6.02. The SMILES string of the molecule is COc1ccc(C)cc1C(CCCO)N(C)C. The molecule has 0 saturated heterocycles. The largest absolute Gasteiger partial charge is 0.496 e. The van der Waals surface area contributed by atoms with Crippen LogP contribution in [0.25, 0.3) is 0 Å². The zero-order valence-electron chi connectivity index (χ0n) is 11.2. The first-order chi connectivity index (χ1) is 8.10. The lowest BCUT2D eigenvalue weighted by Crippen LogP contribution is -2.21. The van der Waals surface area contributed by atoms with Crippen LogP contribution in [-0.2, 0) is 0 Å². The molecule has 1 aromatic carbocycles. The summed E-state index contributed by atoms with van der Waals surface area (Å²) in [6, 6.07) is 6.53. The minimum atomic E-state index is 0.235. The van der Waals surface area contributed by atoms with Crippen LogP contribution in [0.5, 0.6) is 5.75 Å². The number of ether oxygens (including phenoxy) is 1. The highest BCUT2D eigenvalue weighted by Gasteiger charge is 2.18. The second-order valence-corrected chi connectivity index (χ2v) is 4.59. The number of aliphatic hydroxyl groups excluding tert-OH is 1. The lowest BCUT2D eigenvalue weighted by Gasteiger charge is -2.26. The van der Waals surface area contributed by atoms with Gasteiger partial charge in [0, 0.05) is 18.2 Å². The molecule has 0 heterocycles. The highest BCUT2D eigenvalue weighted by Crippen LogP contribution is 2.32. The molecule has 96 valence electrons. The first kappa shape index (κ1) is 14.0. The monoisotopic (exact) mass is 237 g/mol. The van der Waals surface area contributed by atoms with Crippen molar-refractivity contribution in [3.63, 3.8) is 0 Å². The number of hydrogen-bond acceptors (Lipinski definition) is 3. The third kappa shape index (κ3) is 3.72. The van der Waals surface area contributed by atoms with E-state index in [1.165, 1.54) is 11.1 Å². The van der Waals surface area contributed by atoms with E-state index < -0.39 is 0 Å². The first-order valence-corrected chi connectivity index (χ1v) is 6.02. The molecular formula is C14H23NO2. The van der Waals surface area contributed by atoms with E-state index in [-0.39, 0.29) is 12.6 Å². The minimum absolute atomic E-state index is 0.235. The Balaban J connectivity index is 3.02. The van der Waals surface area contributed by atoms with Gasteiger partial charge in [0.2, 0.25) is 0 Å².